The average Bonchev–Trinajstić information content (AvgIpc) is 2.39. The van der Waals surface area contributed by atoms with Gasteiger partial charge in [0.15, 0.2) is 0 Å². The second-order valence-electron chi connectivity index (χ2n) is 4.80. The van der Waals surface area contributed by atoms with Gasteiger partial charge in [0.1, 0.15) is 5.75 Å². The summed E-state index contributed by atoms with van der Waals surface area (Å²) >= 11 is 3.51. The van der Waals surface area contributed by atoms with Crippen LogP contribution in [0.1, 0.15) is 36.0 Å². The topological polar surface area (TPSA) is 49.3 Å². The number of phenolic OH excluding ortho intramolecular Hbond substituents is 1. The van der Waals surface area contributed by atoms with Crippen molar-refractivity contribution < 1.29 is 9.90 Å². The molecule has 3 nitrogen and oxygen atoms in total. The minimum Gasteiger partial charge on any atom is -0.507 e. The van der Waals surface area contributed by atoms with Crippen molar-refractivity contribution in [2.45, 2.75) is 31.7 Å². The van der Waals surface area contributed by atoms with E-state index < -0.39 is 0 Å². The van der Waals surface area contributed by atoms with E-state index in [2.05, 4.69) is 21.2 Å². The molecule has 1 aromatic carbocycles. The van der Waals surface area contributed by atoms with Gasteiger partial charge in [-0.1, -0.05) is 40.9 Å². The summed E-state index contributed by atoms with van der Waals surface area (Å²) in [6, 6.07) is 6.88. The smallest absolute Gasteiger partial charge is 0.255 e. The van der Waals surface area contributed by atoms with Crippen LogP contribution in [0.5, 0.6) is 5.75 Å². The standard InChI is InChI=1S/C14H18BrNO2/c15-9-10-5-1-3-7-12(10)16-14(18)11-6-2-4-8-13(11)17/h2,4,6,8,10,12,17H,1,3,5,7,9H2,(H,16,18). The molecule has 0 spiro atoms. The van der Waals surface area contributed by atoms with Gasteiger partial charge in [0.05, 0.1) is 5.56 Å². The lowest BCUT2D eigenvalue weighted by atomic mass is 9.86. The summed E-state index contributed by atoms with van der Waals surface area (Å²) in [5.74, 6) is 0.362. The van der Waals surface area contributed by atoms with Gasteiger partial charge < -0.3 is 10.4 Å². The van der Waals surface area contributed by atoms with Gasteiger partial charge >= 0.3 is 0 Å². The van der Waals surface area contributed by atoms with Crippen molar-refractivity contribution in [1.82, 2.24) is 5.32 Å². The lowest BCUT2D eigenvalue weighted by Crippen LogP contribution is -2.42. The molecule has 0 aromatic heterocycles. The number of phenols is 1. The van der Waals surface area contributed by atoms with Crippen molar-refractivity contribution in [3.8, 4) is 5.75 Å². The number of halogens is 1. The zero-order valence-electron chi connectivity index (χ0n) is 10.2. The van der Waals surface area contributed by atoms with Crippen LogP contribution in [-0.2, 0) is 0 Å². The summed E-state index contributed by atoms with van der Waals surface area (Å²) in [5, 5.41) is 13.6. The maximum Gasteiger partial charge on any atom is 0.255 e. The third kappa shape index (κ3) is 3.05. The first-order valence-corrected chi connectivity index (χ1v) is 7.49. The molecule has 1 aromatic rings. The molecule has 0 bridgehead atoms. The van der Waals surface area contributed by atoms with E-state index in [1.54, 1.807) is 18.2 Å². The predicted molar refractivity (Wildman–Crippen MR) is 75.1 cm³/mol. The SMILES string of the molecule is O=C(NC1CCCCC1CBr)c1ccccc1O. The highest BCUT2D eigenvalue weighted by molar-refractivity contribution is 9.09. The fourth-order valence-electron chi connectivity index (χ4n) is 2.49. The quantitative estimate of drug-likeness (QED) is 0.843. The molecule has 0 heterocycles. The van der Waals surface area contributed by atoms with E-state index in [1.807, 2.05) is 0 Å². The number of para-hydroxylation sites is 1. The molecule has 2 unspecified atom stereocenters. The van der Waals surface area contributed by atoms with Crippen LogP contribution in [0.15, 0.2) is 24.3 Å². The van der Waals surface area contributed by atoms with Crippen molar-refractivity contribution in [1.29, 1.82) is 0 Å². The summed E-state index contributed by atoms with van der Waals surface area (Å²) < 4.78 is 0. The predicted octanol–water partition coefficient (Wildman–Crippen LogP) is 3.08. The van der Waals surface area contributed by atoms with E-state index in [0.29, 0.717) is 11.5 Å². The summed E-state index contributed by atoms with van der Waals surface area (Å²) in [4.78, 5) is 12.1. The van der Waals surface area contributed by atoms with E-state index >= 15 is 0 Å². The molecule has 2 rings (SSSR count). The number of alkyl halides is 1. The van der Waals surface area contributed by atoms with Crippen LogP contribution in [0.3, 0.4) is 0 Å². The summed E-state index contributed by atoms with van der Waals surface area (Å²) in [6.07, 6.45) is 4.57. The van der Waals surface area contributed by atoms with Gasteiger partial charge in [0.25, 0.3) is 5.91 Å². The highest BCUT2D eigenvalue weighted by Crippen LogP contribution is 2.26. The van der Waals surface area contributed by atoms with Crippen LogP contribution in [0.25, 0.3) is 0 Å². The average molecular weight is 312 g/mol. The van der Waals surface area contributed by atoms with E-state index in [9.17, 15) is 9.90 Å². The number of rotatable bonds is 3. The molecule has 1 amide bonds. The minimum absolute atomic E-state index is 0.0428. The first-order chi connectivity index (χ1) is 8.72. The highest BCUT2D eigenvalue weighted by atomic mass is 79.9. The van der Waals surface area contributed by atoms with Crippen LogP contribution >= 0.6 is 15.9 Å². The Morgan fingerprint density at radius 1 is 1.33 bits per heavy atom. The molecular formula is C14H18BrNO2. The second-order valence-corrected chi connectivity index (χ2v) is 5.44. The van der Waals surface area contributed by atoms with Crippen molar-refractivity contribution in [2.75, 3.05) is 5.33 Å². The molecule has 0 saturated heterocycles. The fourth-order valence-corrected chi connectivity index (χ4v) is 3.27. The molecule has 2 atom stereocenters. The zero-order valence-corrected chi connectivity index (χ0v) is 11.8. The van der Waals surface area contributed by atoms with Gasteiger partial charge in [0, 0.05) is 11.4 Å². The number of carbonyl (C=O) groups excluding carboxylic acids is 1. The molecule has 1 aliphatic carbocycles. The van der Waals surface area contributed by atoms with Gasteiger partial charge in [-0.15, -0.1) is 0 Å². The number of amides is 1. The molecule has 0 radical (unpaired) electrons. The second kappa shape index (κ2) is 6.23. The van der Waals surface area contributed by atoms with Crippen LogP contribution in [0, 0.1) is 5.92 Å². The van der Waals surface area contributed by atoms with Crippen LogP contribution in [0.2, 0.25) is 0 Å². The normalized spacial score (nSPS) is 23.6. The summed E-state index contributed by atoms with van der Waals surface area (Å²) in [6.45, 7) is 0. The maximum atomic E-state index is 12.1. The summed E-state index contributed by atoms with van der Waals surface area (Å²) in [5.41, 5.74) is 0.358. The molecule has 2 N–H and O–H groups in total. The Morgan fingerprint density at radius 2 is 2.06 bits per heavy atom. The number of aromatic hydroxyl groups is 1. The molecular weight excluding hydrogens is 294 g/mol. The molecule has 1 fully saturated rings. The molecule has 0 aliphatic heterocycles. The Hall–Kier alpha value is -1.03. The largest absolute Gasteiger partial charge is 0.507 e. The zero-order chi connectivity index (χ0) is 13.0. The Kier molecular flexibility index (Phi) is 4.64. The molecule has 98 valence electrons. The number of hydrogen-bond acceptors (Lipinski definition) is 2. The lowest BCUT2D eigenvalue weighted by Gasteiger charge is -2.31. The van der Waals surface area contributed by atoms with Gasteiger partial charge in [-0.3, -0.25) is 4.79 Å². The van der Waals surface area contributed by atoms with Gasteiger partial charge in [0.2, 0.25) is 0 Å². The Balaban J connectivity index is 2.04. The molecule has 4 heteroatoms. The lowest BCUT2D eigenvalue weighted by molar-refractivity contribution is 0.0909. The van der Waals surface area contributed by atoms with E-state index in [0.717, 1.165) is 24.6 Å². The van der Waals surface area contributed by atoms with Crippen molar-refractivity contribution in [3.63, 3.8) is 0 Å². The maximum absolute atomic E-state index is 12.1. The molecule has 1 aliphatic rings. The van der Waals surface area contributed by atoms with Gasteiger partial charge in [-0.25, -0.2) is 0 Å². The Morgan fingerprint density at radius 3 is 2.78 bits per heavy atom. The number of nitrogens with one attached hydrogen (secondary N) is 1. The Bertz CT molecular complexity index is 422. The monoisotopic (exact) mass is 311 g/mol. The number of benzene rings is 1. The summed E-state index contributed by atoms with van der Waals surface area (Å²) in [7, 11) is 0. The van der Waals surface area contributed by atoms with Crippen molar-refractivity contribution >= 4 is 21.8 Å². The first-order valence-electron chi connectivity index (χ1n) is 6.37. The molecule has 1 saturated carbocycles. The van der Waals surface area contributed by atoms with Crippen LogP contribution in [0.4, 0.5) is 0 Å². The highest BCUT2D eigenvalue weighted by Gasteiger charge is 2.26. The third-order valence-electron chi connectivity index (χ3n) is 3.57. The van der Waals surface area contributed by atoms with Crippen LogP contribution < -0.4 is 5.32 Å². The third-order valence-corrected chi connectivity index (χ3v) is 4.40. The van der Waals surface area contributed by atoms with Crippen molar-refractivity contribution in [2.24, 2.45) is 5.92 Å². The van der Waals surface area contributed by atoms with E-state index in [-0.39, 0.29) is 17.7 Å². The first kappa shape index (κ1) is 13.4. The minimum atomic E-state index is -0.175. The van der Waals surface area contributed by atoms with Gasteiger partial charge in [-0.2, -0.15) is 0 Å². The number of hydrogen-bond donors (Lipinski definition) is 2. The Labute approximate surface area is 116 Å². The number of carbonyl (C=O) groups is 1. The van der Waals surface area contributed by atoms with Gasteiger partial charge in [-0.05, 0) is 30.9 Å². The fraction of sp³-hybridized carbons (Fsp3) is 0.500. The molecule has 18 heavy (non-hydrogen) atoms. The van der Waals surface area contributed by atoms with Crippen LogP contribution in [-0.4, -0.2) is 22.4 Å². The van der Waals surface area contributed by atoms with Crippen molar-refractivity contribution in [3.05, 3.63) is 29.8 Å². The van der Waals surface area contributed by atoms with E-state index in [4.69, 9.17) is 0 Å². The van der Waals surface area contributed by atoms with E-state index in [1.165, 1.54) is 12.5 Å².